The molecule has 2 aromatic carbocycles. The number of aliphatic hydroxyl groups is 1. The molecule has 24 heavy (non-hydrogen) atoms. The van der Waals surface area contributed by atoms with Crippen molar-refractivity contribution in [3.8, 4) is 5.69 Å². The lowest BCUT2D eigenvalue weighted by Crippen LogP contribution is -2.22. The molecule has 0 aliphatic rings. The lowest BCUT2D eigenvalue weighted by molar-refractivity contribution is 0.296. The lowest BCUT2D eigenvalue weighted by atomic mass is 10.2. The minimum Gasteiger partial charge on any atom is -0.396 e. The average molecular weight is 361 g/mol. The van der Waals surface area contributed by atoms with Gasteiger partial charge < -0.3 is 5.11 Å². The molecule has 0 amide bonds. The zero-order valence-electron chi connectivity index (χ0n) is 13.2. The van der Waals surface area contributed by atoms with E-state index in [9.17, 15) is 4.79 Å². The van der Waals surface area contributed by atoms with Crippen molar-refractivity contribution in [2.75, 3.05) is 12.4 Å². The van der Waals surface area contributed by atoms with Gasteiger partial charge in [0.25, 0.3) is 5.56 Å². The first kappa shape index (κ1) is 17.0. The summed E-state index contributed by atoms with van der Waals surface area (Å²) >= 11 is 7.49. The summed E-state index contributed by atoms with van der Waals surface area (Å²) in [6.45, 7) is 2.10. The van der Waals surface area contributed by atoms with Crippen LogP contribution in [0.1, 0.15) is 12.0 Å². The van der Waals surface area contributed by atoms with Crippen LogP contribution in [0.5, 0.6) is 0 Å². The molecule has 3 rings (SSSR count). The van der Waals surface area contributed by atoms with Crippen molar-refractivity contribution in [1.82, 2.24) is 9.55 Å². The summed E-state index contributed by atoms with van der Waals surface area (Å²) in [5.74, 6) is 0.681. The molecule has 4 nitrogen and oxygen atoms in total. The summed E-state index contributed by atoms with van der Waals surface area (Å²) in [7, 11) is 0. The number of hydrogen-bond donors (Lipinski definition) is 1. The molecule has 1 aromatic heterocycles. The molecule has 0 unspecified atom stereocenters. The van der Waals surface area contributed by atoms with Crippen molar-refractivity contribution in [3.63, 3.8) is 0 Å². The maximum absolute atomic E-state index is 13.0. The zero-order valence-corrected chi connectivity index (χ0v) is 14.8. The Morgan fingerprint density at radius 1 is 1.25 bits per heavy atom. The van der Waals surface area contributed by atoms with E-state index in [1.165, 1.54) is 11.8 Å². The van der Waals surface area contributed by atoms with Gasteiger partial charge in [-0.05, 0) is 49.2 Å². The second-order valence-corrected chi connectivity index (χ2v) is 6.96. The molecule has 0 bridgehead atoms. The zero-order chi connectivity index (χ0) is 17.1. The van der Waals surface area contributed by atoms with Gasteiger partial charge >= 0.3 is 0 Å². The van der Waals surface area contributed by atoms with Crippen molar-refractivity contribution in [3.05, 3.63) is 63.4 Å². The quantitative estimate of drug-likeness (QED) is 0.427. The molecule has 0 fully saturated rings. The van der Waals surface area contributed by atoms with Gasteiger partial charge in [-0.25, -0.2) is 4.98 Å². The predicted octanol–water partition coefficient (Wildman–Crippen LogP) is 3.82. The van der Waals surface area contributed by atoms with E-state index in [1.807, 2.05) is 31.2 Å². The Hall–Kier alpha value is -1.82. The first-order chi connectivity index (χ1) is 11.6. The highest BCUT2D eigenvalue weighted by Gasteiger charge is 2.13. The fraction of sp³-hybridized carbons (Fsp3) is 0.222. The Kier molecular flexibility index (Phi) is 5.23. The number of benzene rings is 2. The van der Waals surface area contributed by atoms with Crippen molar-refractivity contribution in [1.29, 1.82) is 0 Å². The fourth-order valence-corrected chi connectivity index (χ4v) is 3.56. The minimum atomic E-state index is -0.117. The van der Waals surface area contributed by atoms with Crippen molar-refractivity contribution < 1.29 is 5.11 Å². The Labute approximate surface area is 149 Å². The van der Waals surface area contributed by atoms with E-state index in [2.05, 4.69) is 4.98 Å². The molecule has 0 spiro atoms. The van der Waals surface area contributed by atoms with E-state index in [4.69, 9.17) is 16.7 Å². The maximum atomic E-state index is 13.0. The van der Waals surface area contributed by atoms with Gasteiger partial charge in [0.2, 0.25) is 0 Å². The molecular weight excluding hydrogens is 344 g/mol. The minimum absolute atomic E-state index is 0.112. The number of rotatable bonds is 5. The van der Waals surface area contributed by atoms with Crippen LogP contribution < -0.4 is 5.56 Å². The molecule has 0 aliphatic heterocycles. The third-order valence-corrected chi connectivity index (χ3v) is 4.85. The molecule has 0 saturated heterocycles. The fourth-order valence-electron chi connectivity index (χ4n) is 2.46. The molecular formula is C18H17ClN2O2S. The van der Waals surface area contributed by atoms with E-state index in [-0.39, 0.29) is 12.2 Å². The van der Waals surface area contributed by atoms with Crippen LogP contribution in [0.4, 0.5) is 0 Å². The Bertz CT molecular complexity index is 940. The van der Waals surface area contributed by atoms with Crippen LogP contribution in [0.25, 0.3) is 16.6 Å². The van der Waals surface area contributed by atoms with Gasteiger partial charge in [0.05, 0.1) is 16.6 Å². The maximum Gasteiger partial charge on any atom is 0.266 e. The highest BCUT2D eigenvalue weighted by Crippen LogP contribution is 2.23. The van der Waals surface area contributed by atoms with Gasteiger partial charge in [-0.1, -0.05) is 35.5 Å². The van der Waals surface area contributed by atoms with E-state index in [0.29, 0.717) is 33.3 Å². The van der Waals surface area contributed by atoms with E-state index in [0.717, 1.165) is 11.3 Å². The summed E-state index contributed by atoms with van der Waals surface area (Å²) in [6, 6.07) is 12.9. The number of nitrogens with zero attached hydrogens (tertiary/aromatic N) is 2. The van der Waals surface area contributed by atoms with Crippen LogP contribution in [0.3, 0.4) is 0 Å². The summed E-state index contributed by atoms with van der Waals surface area (Å²) in [5.41, 5.74) is 2.33. The lowest BCUT2D eigenvalue weighted by Gasteiger charge is -2.13. The first-order valence-electron chi connectivity index (χ1n) is 7.63. The number of aryl methyl sites for hydroxylation is 1. The number of thioether (sulfide) groups is 1. The summed E-state index contributed by atoms with van der Waals surface area (Å²) in [5, 5.41) is 10.7. The Balaban J connectivity index is 2.23. The second kappa shape index (κ2) is 7.38. The van der Waals surface area contributed by atoms with E-state index >= 15 is 0 Å². The number of fused-ring (bicyclic) bond motifs is 1. The topological polar surface area (TPSA) is 55.1 Å². The largest absolute Gasteiger partial charge is 0.396 e. The number of aliphatic hydroxyl groups excluding tert-OH is 1. The highest BCUT2D eigenvalue weighted by molar-refractivity contribution is 7.99. The van der Waals surface area contributed by atoms with Crippen LogP contribution in [-0.2, 0) is 0 Å². The number of halogens is 1. The van der Waals surface area contributed by atoms with Crippen LogP contribution in [-0.4, -0.2) is 27.0 Å². The monoisotopic (exact) mass is 360 g/mol. The van der Waals surface area contributed by atoms with Gasteiger partial charge in [-0.15, -0.1) is 0 Å². The smallest absolute Gasteiger partial charge is 0.266 e. The Morgan fingerprint density at radius 2 is 2.08 bits per heavy atom. The normalized spacial score (nSPS) is 11.1. The van der Waals surface area contributed by atoms with Crippen molar-refractivity contribution >= 4 is 34.3 Å². The molecule has 0 saturated carbocycles. The van der Waals surface area contributed by atoms with Crippen molar-refractivity contribution in [2.24, 2.45) is 0 Å². The molecule has 0 aliphatic carbocycles. The van der Waals surface area contributed by atoms with Gasteiger partial charge in [-0.3, -0.25) is 9.36 Å². The Morgan fingerprint density at radius 3 is 2.83 bits per heavy atom. The molecule has 1 heterocycles. The first-order valence-corrected chi connectivity index (χ1v) is 8.99. The second-order valence-electron chi connectivity index (χ2n) is 5.46. The number of aromatic nitrogens is 2. The summed E-state index contributed by atoms with van der Waals surface area (Å²) < 4.78 is 1.63. The highest BCUT2D eigenvalue weighted by atomic mass is 35.5. The molecule has 0 radical (unpaired) electrons. The molecule has 6 heteroatoms. The van der Waals surface area contributed by atoms with Crippen LogP contribution in [0.2, 0.25) is 5.02 Å². The average Bonchev–Trinajstić information content (AvgIpc) is 2.55. The van der Waals surface area contributed by atoms with E-state index < -0.39 is 0 Å². The molecule has 124 valence electrons. The van der Waals surface area contributed by atoms with Crippen LogP contribution >= 0.6 is 23.4 Å². The van der Waals surface area contributed by atoms with Crippen LogP contribution in [0, 0.1) is 6.92 Å². The van der Waals surface area contributed by atoms with Gasteiger partial charge in [0.15, 0.2) is 5.16 Å². The molecule has 1 N–H and O–H groups in total. The standard InChI is InChI=1S/C18H17ClN2O2S/c1-12-4-2-5-14(10-12)21-17(23)15-7-6-13(19)11-16(15)20-18(21)24-9-3-8-22/h2,4-7,10-11,22H,3,8-9H2,1H3. The van der Waals surface area contributed by atoms with Gasteiger partial charge in [0, 0.05) is 17.4 Å². The number of hydrogen-bond acceptors (Lipinski definition) is 4. The van der Waals surface area contributed by atoms with Gasteiger partial charge in [0.1, 0.15) is 0 Å². The van der Waals surface area contributed by atoms with Crippen LogP contribution in [0.15, 0.2) is 52.4 Å². The summed E-state index contributed by atoms with van der Waals surface area (Å²) in [6.07, 6.45) is 0.641. The SMILES string of the molecule is Cc1cccc(-n2c(SCCCO)nc3cc(Cl)ccc3c2=O)c1. The summed E-state index contributed by atoms with van der Waals surface area (Å²) in [4.78, 5) is 17.7. The molecule has 0 atom stereocenters. The third-order valence-electron chi connectivity index (χ3n) is 3.59. The van der Waals surface area contributed by atoms with Gasteiger partial charge in [-0.2, -0.15) is 0 Å². The third kappa shape index (κ3) is 3.48. The van der Waals surface area contributed by atoms with E-state index in [1.54, 1.807) is 22.8 Å². The van der Waals surface area contributed by atoms with Crippen molar-refractivity contribution in [2.45, 2.75) is 18.5 Å². The molecule has 3 aromatic rings. The predicted molar refractivity (Wildman–Crippen MR) is 99.5 cm³/mol.